The lowest BCUT2D eigenvalue weighted by atomic mass is 9.98. The molecule has 0 aromatic heterocycles. The molecule has 0 radical (unpaired) electrons. The maximum absolute atomic E-state index is 11.8. The minimum atomic E-state index is -0.502. The summed E-state index contributed by atoms with van der Waals surface area (Å²) in [6, 6.07) is 0. The van der Waals surface area contributed by atoms with Gasteiger partial charge in [-0.1, -0.05) is 13.8 Å². The van der Waals surface area contributed by atoms with E-state index in [1.807, 2.05) is 13.8 Å². The molecule has 1 atom stereocenters. The number of carbonyl (C=O) groups excluding carboxylic acids is 2. The summed E-state index contributed by atoms with van der Waals surface area (Å²) in [7, 11) is 0. The fourth-order valence-electron chi connectivity index (χ4n) is 1.86. The second-order valence-electron chi connectivity index (χ2n) is 4.05. The summed E-state index contributed by atoms with van der Waals surface area (Å²) in [5, 5.41) is 8.85. The molecule has 16 heavy (non-hydrogen) atoms. The molecule has 1 amide bonds. The number of aliphatic hydroxyl groups is 1. The number of cyclic esters (lactones) is 1. The van der Waals surface area contributed by atoms with Crippen LogP contribution in [0.15, 0.2) is 0 Å². The fraction of sp³-hybridized carbons (Fsp3) is 0.818. The van der Waals surface area contributed by atoms with Gasteiger partial charge in [0.2, 0.25) is 0 Å². The molecular formula is C11H19NO4. The largest absolute Gasteiger partial charge is 0.442 e. The first-order valence-corrected chi connectivity index (χ1v) is 5.71. The van der Waals surface area contributed by atoms with Crippen LogP contribution < -0.4 is 0 Å². The molecule has 1 fully saturated rings. The second-order valence-corrected chi connectivity index (χ2v) is 4.05. The Morgan fingerprint density at radius 3 is 2.62 bits per heavy atom. The van der Waals surface area contributed by atoms with E-state index in [4.69, 9.17) is 9.84 Å². The van der Waals surface area contributed by atoms with Crippen molar-refractivity contribution in [2.75, 3.05) is 19.7 Å². The second kappa shape index (κ2) is 5.84. The van der Waals surface area contributed by atoms with Gasteiger partial charge in [0, 0.05) is 5.92 Å². The lowest BCUT2D eigenvalue weighted by Crippen LogP contribution is -2.34. The van der Waals surface area contributed by atoms with Crippen LogP contribution in [0.5, 0.6) is 0 Å². The summed E-state index contributed by atoms with van der Waals surface area (Å²) < 4.78 is 4.86. The van der Waals surface area contributed by atoms with E-state index in [1.54, 1.807) is 0 Å². The molecule has 5 heteroatoms. The average Bonchev–Trinajstić information content (AvgIpc) is 2.61. The Bertz CT molecular complexity index is 263. The Kier molecular flexibility index (Phi) is 4.73. The van der Waals surface area contributed by atoms with Crippen molar-refractivity contribution < 1.29 is 19.4 Å². The maximum Gasteiger partial charge on any atom is 0.410 e. The number of aliphatic hydroxyl groups excluding tert-OH is 1. The summed E-state index contributed by atoms with van der Waals surface area (Å²) in [4.78, 5) is 24.5. The number of amides is 1. The highest BCUT2D eigenvalue weighted by Crippen LogP contribution is 2.14. The standard InChI is InChI=1S/C11H19NO4/c1-3-8(4-2)10(14)6-12-5-9(7-13)16-11(12)15/h8-9,13H,3-7H2,1-2H3. The maximum atomic E-state index is 11.8. The van der Waals surface area contributed by atoms with Crippen LogP contribution in [0.2, 0.25) is 0 Å². The molecule has 1 aliphatic rings. The Hall–Kier alpha value is -1.10. The van der Waals surface area contributed by atoms with Gasteiger partial charge in [-0.25, -0.2) is 4.79 Å². The van der Waals surface area contributed by atoms with Gasteiger partial charge in [0.1, 0.15) is 6.10 Å². The summed E-state index contributed by atoms with van der Waals surface area (Å²) in [6.45, 7) is 4.14. The van der Waals surface area contributed by atoms with Crippen molar-refractivity contribution in [1.82, 2.24) is 4.90 Å². The van der Waals surface area contributed by atoms with Crippen molar-refractivity contribution in [3.63, 3.8) is 0 Å². The van der Waals surface area contributed by atoms with Crippen molar-refractivity contribution >= 4 is 11.9 Å². The highest BCUT2D eigenvalue weighted by Gasteiger charge is 2.32. The zero-order valence-electron chi connectivity index (χ0n) is 9.81. The highest BCUT2D eigenvalue weighted by atomic mass is 16.6. The number of ether oxygens (including phenoxy) is 1. The van der Waals surface area contributed by atoms with E-state index >= 15 is 0 Å². The van der Waals surface area contributed by atoms with Crippen molar-refractivity contribution in [3.8, 4) is 0 Å². The lowest BCUT2D eigenvalue weighted by molar-refractivity contribution is -0.123. The van der Waals surface area contributed by atoms with Crippen molar-refractivity contribution in [3.05, 3.63) is 0 Å². The van der Waals surface area contributed by atoms with E-state index in [0.29, 0.717) is 6.54 Å². The lowest BCUT2D eigenvalue weighted by Gasteiger charge is -2.16. The fourth-order valence-corrected chi connectivity index (χ4v) is 1.86. The monoisotopic (exact) mass is 229 g/mol. The molecular weight excluding hydrogens is 210 g/mol. The molecule has 0 bridgehead atoms. The zero-order valence-corrected chi connectivity index (χ0v) is 9.81. The quantitative estimate of drug-likeness (QED) is 0.731. The minimum absolute atomic E-state index is 0.0148. The molecule has 1 heterocycles. The van der Waals surface area contributed by atoms with Gasteiger partial charge in [-0.05, 0) is 12.8 Å². The third kappa shape index (κ3) is 2.95. The van der Waals surface area contributed by atoms with Gasteiger partial charge in [0.25, 0.3) is 0 Å². The summed E-state index contributed by atoms with van der Waals surface area (Å²) in [6.07, 6.45) is 0.601. The van der Waals surface area contributed by atoms with E-state index in [0.717, 1.165) is 12.8 Å². The first-order chi connectivity index (χ1) is 7.62. The molecule has 1 saturated heterocycles. The van der Waals surface area contributed by atoms with Crippen molar-refractivity contribution in [2.24, 2.45) is 5.92 Å². The molecule has 92 valence electrons. The summed E-state index contributed by atoms with van der Waals surface area (Å²) in [5.41, 5.74) is 0. The van der Waals surface area contributed by atoms with Gasteiger partial charge in [0.15, 0.2) is 5.78 Å². The van der Waals surface area contributed by atoms with Crippen LogP contribution in [0.3, 0.4) is 0 Å². The molecule has 1 unspecified atom stereocenters. The average molecular weight is 229 g/mol. The van der Waals surface area contributed by atoms with Crippen LogP contribution >= 0.6 is 0 Å². The Balaban J connectivity index is 2.48. The minimum Gasteiger partial charge on any atom is -0.442 e. The normalized spacial score (nSPS) is 20.4. The highest BCUT2D eigenvalue weighted by molar-refractivity contribution is 5.86. The van der Waals surface area contributed by atoms with Gasteiger partial charge in [0.05, 0.1) is 19.7 Å². The molecule has 1 rings (SSSR count). The van der Waals surface area contributed by atoms with Gasteiger partial charge in [-0.2, -0.15) is 0 Å². The van der Waals surface area contributed by atoms with Crippen LogP contribution in [0.1, 0.15) is 26.7 Å². The number of rotatable bonds is 6. The van der Waals surface area contributed by atoms with E-state index in [-0.39, 0.29) is 24.9 Å². The van der Waals surface area contributed by atoms with E-state index in [9.17, 15) is 9.59 Å². The topological polar surface area (TPSA) is 66.8 Å². The molecule has 0 spiro atoms. The van der Waals surface area contributed by atoms with Gasteiger partial charge < -0.3 is 9.84 Å². The predicted octanol–water partition coefficient (Wildman–Crippen LogP) is 0.805. The molecule has 0 aromatic rings. The van der Waals surface area contributed by atoms with Crippen molar-refractivity contribution in [2.45, 2.75) is 32.8 Å². The number of ketones is 1. The smallest absolute Gasteiger partial charge is 0.410 e. The number of nitrogens with zero attached hydrogens (tertiary/aromatic N) is 1. The van der Waals surface area contributed by atoms with Gasteiger partial charge >= 0.3 is 6.09 Å². The number of Topliss-reactive ketones (excluding diaryl/α,β-unsaturated/α-hetero) is 1. The molecule has 0 aliphatic carbocycles. The van der Waals surface area contributed by atoms with Crippen molar-refractivity contribution in [1.29, 1.82) is 0 Å². The third-order valence-electron chi connectivity index (χ3n) is 2.94. The SMILES string of the molecule is CCC(CC)C(=O)CN1CC(CO)OC1=O. The van der Waals surface area contributed by atoms with E-state index < -0.39 is 12.2 Å². The summed E-state index contributed by atoms with van der Waals surface area (Å²) in [5.74, 6) is 0.0847. The van der Waals surface area contributed by atoms with Gasteiger partial charge in [-0.3, -0.25) is 9.69 Å². The number of hydrogen-bond donors (Lipinski definition) is 1. The van der Waals surface area contributed by atoms with Crippen LogP contribution in [0.25, 0.3) is 0 Å². The Labute approximate surface area is 95.4 Å². The molecule has 1 aliphatic heterocycles. The summed E-state index contributed by atoms with van der Waals surface area (Å²) >= 11 is 0. The first kappa shape index (κ1) is 13.0. The van der Waals surface area contributed by atoms with Crippen LogP contribution in [0, 0.1) is 5.92 Å². The predicted molar refractivity (Wildman–Crippen MR) is 58.0 cm³/mol. The van der Waals surface area contributed by atoms with Crippen LogP contribution in [-0.4, -0.2) is 47.7 Å². The molecule has 1 N–H and O–H groups in total. The molecule has 0 aromatic carbocycles. The van der Waals surface area contributed by atoms with Crippen LogP contribution in [0.4, 0.5) is 4.79 Å². The van der Waals surface area contributed by atoms with E-state index in [2.05, 4.69) is 0 Å². The van der Waals surface area contributed by atoms with Crippen LogP contribution in [-0.2, 0) is 9.53 Å². The van der Waals surface area contributed by atoms with E-state index in [1.165, 1.54) is 4.90 Å². The first-order valence-electron chi connectivity index (χ1n) is 5.71. The van der Waals surface area contributed by atoms with Gasteiger partial charge in [-0.15, -0.1) is 0 Å². The number of hydrogen-bond acceptors (Lipinski definition) is 4. The Morgan fingerprint density at radius 2 is 2.19 bits per heavy atom. The number of carbonyl (C=O) groups is 2. The Morgan fingerprint density at radius 1 is 1.56 bits per heavy atom. The third-order valence-corrected chi connectivity index (χ3v) is 2.94. The molecule has 0 saturated carbocycles. The molecule has 5 nitrogen and oxygen atoms in total. The zero-order chi connectivity index (χ0) is 12.1.